The van der Waals surface area contributed by atoms with Crippen molar-refractivity contribution in [1.29, 1.82) is 0 Å². The highest BCUT2D eigenvalue weighted by molar-refractivity contribution is 5.94. The minimum Gasteiger partial charge on any atom is -0.366 e. The number of carbonyl (C=O) groups is 1. The molecule has 4 rings (SSSR count). The van der Waals surface area contributed by atoms with E-state index in [1.807, 2.05) is 36.4 Å². The molecular formula is C20H21N7O2. The van der Waals surface area contributed by atoms with E-state index in [0.717, 1.165) is 11.1 Å². The van der Waals surface area contributed by atoms with Gasteiger partial charge in [-0.1, -0.05) is 48.5 Å². The highest BCUT2D eigenvalue weighted by atomic mass is 16.1. The Morgan fingerprint density at radius 1 is 1.07 bits per heavy atom. The van der Waals surface area contributed by atoms with E-state index < -0.39 is 5.91 Å². The third-order valence-corrected chi connectivity index (χ3v) is 4.10. The Morgan fingerprint density at radius 2 is 1.79 bits per heavy atom. The van der Waals surface area contributed by atoms with E-state index in [1.165, 1.54) is 6.33 Å². The molecule has 0 saturated carbocycles. The zero-order chi connectivity index (χ0) is 20.6. The van der Waals surface area contributed by atoms with E-state index in [1.54, 1.807) is 18.2 Å². The van der Waals surface area contributed by atoms with Gasteiger partial charge in [-0.05, 0) is 17.2 Å². The topological polar surface area (TPSA) is 156 Å². The standard InChI is InChI=1S/C12H11N5O.C8H10N2O/c18-11-9-10(15-7-14-9)16-12(17-11)13-6-8-4-2-1-3-5-8;9-5-6-3-1-2-4-7(6)8(10)11/h1-5,7H,6H2,(H3,13,14,15,16,17,18);1-4H,5,9H2,(H2,10,11). The second kappa shape index (κ2) is 9.29. The first-order valence-electron chi connectivity index (χ1n) is 8.87. The van der Waals surface area contributed by atoms with Crippen LogP contribution < -0.4 is 22.3 Å². The zero-order valence-corrected chi connectivity index (χ0v) is 15.6. The molecule has 2 heterocycles. The molecule has 4 aromatic rings. The fourth-order valence-electron chi connectivity index (χ4n) is 2.65. The Balaban J connectivity index is 0.000000188. The van der Waals surface area contributed by atoms with Gasteiger partial charge >= 0.3 is 0 Å². The number of hydrogen-bond donors (Lipinski definition) is 5. The van der Waals surface area contributed by atoms with Crippen LogP contribution in [0, 0.1) is 0 Å². The van der Waals surface area contributed by atoms with Gasteiger partial charge in [0.1, 0.15) is 0 Å². The molecule has 0 bridgehead atoms. The molecule has 1 amide bonds. The second-order valence-corrected chi connectivity index (χ2v) is 6.08. The van der Waals surface area contributed by atoms with E-state index in [-0.39, 0.29) is 5.56 Å². The van der Waals surface area contributed by atoms with Gasteiger partial charge in [0.05, 0.1) is 6.33 Å². The van der Waals surface area contributed by atoms with Gasteiger partial charge in [0.2, 0.25) is 11.9 Å². The highest BCUT2D eigenvalue weighted by Crippen LogP contribution is 2.06. The molecule has 29 heavy (non-hydrogen) atoms. The second-order valence-electron chi connectivity index (χ2n) is 6.08. The fraction of sp³-hybridized carbons (Fsp3) is 0.100. The van der Waals surface area contributed by atoms with Gasteiger partial charge in [0, 0.05) is 18.7 Å². The van der Waals surface area contributed by atoms with Crippen LogP contribution in [0.4, 0.5) is 5.95 Å². The van der Waals surface area contributed by atoms with Crippen molar-refractivity contribution >= 4 is 23.0 Å². The maximum atomic E-state index is 11.7. The summed E-state index contributed by atoms with van der Waals surface area (Å²) in [7, 11) is 0. The number of amides is 1. The van der Waals surface area contributed by atoms with Crippen molar-refractivity contribution in [2.75, 3.05) is 5.32 Å². The molecule has 2 aromatic carbocycles. The van der Waals surface area contributed by atoms with Crippen molar-refractivity contribution < 1.29 is 4.79 Å². The Labute approximate surface area is 166 Å². The highest BCUT2D eigenvalue weighted by Gasteiger charge is 2.05. The molecule has 0 spiro atoms. The summed E-state index contributed by atoms with van der Waals surface area (Å²) in [6.07, 6.45) is 1.45. The number of H-pyrrole nitrogens is 2. The predicted molar refractivity (Wildman–Crippen MR) is 111 cm³/mol. The van der Waals surface area contributed by atoms with Gasteiger partial charge in [-0.3, -0.25) is 14.6 Å². The molecule has 0 saturated heterocycles. The zero-order valence-electron chi connectivity index (χ0n) is 15.6. The fourth-order valence-corrected chi connectivity index (χ4v) is 2.65. The molecule has 0 aliphatic carbocycles. The van der Waals surface area contributed by atoms with Crippen LogP contribution in [0.15, 0.2) is 65.7 Å². The van der Waals surface area contributed by atoms with Crippen LogP contribution in [0.1, 0.15) is 21.5 Å². The minimum absolute atomic E-state index is 0.229. The first-order valence-corrected chi connectivity index (χ1v) is 8.87. The molecule has 9 heteroatoms. The van der Waals surface area contributed by atoms with Gasteiger partial charge < -0.3 is 21.8 Å². The number of fused-ring (bicyclic) bond motifs is 1. The normalized spacial score (nSPS) is 10.2. The van der Waals surface area contributed by atoms with Crippen molar-refractivity contribution in [3.05, 3.63) is 88.0 Å². The lowest BCUT2D eigenvalue weighted by atomic mass is 10.1. The molecule has 148 valence electrons. The number of aromatic amines is 2. The number of nitrogens with two attached hydrogens (primary N) is 2. The lowest BCUT2D eigenvalue weighted by Crippen LogP contribution is -2.15. The predicted octanol–water partition coefficient (Wildman–Crippen LogP) is 1.50. The molecule has 0 aliphatic rings. The number of anilines is 1. The van der Waals surface area contributed by atoms with Gasteiger partial charge in [-0.2, -0.15) is 4.98 Å². The van der Waals surface area contributed by atoms with Gasteiger partial charge in [-0.25, -0.2) is 4.98 Å². The summed E-state index contributed by atoms with van der Waals surface area (Å²) in [5.74, 6) is -0.00509. The smallest absolute Gasteiger partial charge is 0.278 e. The van der Waals surface area contributed by atoms with Gasteiger partial charge in [0.25, 0.3) is 5.56 Å². The summed E-state index contributed by atoms with van der Waals surface area (Å²) >= 11 is 0. The van der Waals surface area contributed by atoms with Crippen molar-refractivity contribution in [1.82, 2.24) is 19.9 Å². The summed E-state index contributed by atoms with van der Waals surface area (Å²) in [6.45, 7) is 0.943. The molecule has 0 unspecified atom stereocenters. The number of nitrogens with zero attached hydrogens (tertiary/aromatic N) is 2. The number of rotatable bonds is 5. The number of carbonyl (C=O) groups excluding carboxylic acids is 1. The van der Waals surface area contributed by atoms with E-state index in [4.69, 9.17) is 11.5 Å². The molecule has 7 N–H and O–H groups in total. The molecule has 0 fully saturated rings. The van der Waals surface area contributed by atoms with Crippen molar-refractivity contribution in [3.63, 3.8) is 0 Å². The summed E-state index contributed by atoms with van der Waals surface area (Å²) in [5.41, 5.74) is 13.5. The number of primary amides is 1. The Kier molecular flexibility index (Phi) is 6.33. The maximum absolute atomic E-state index is 11.7. The first kappa shape index (κ1) is 19.8. The van der Waals surface area contributed by atoms with E-state index in [2.05, 4.69) is 25.3 Å². The van der Waals surface area contributed by atoms with Gasteiger partial charge in [0.15, 0.2) is 11.2 Å². The summed E-state index contributed by atoms with van der Waals surface area (Å²) < 4.78 is 0. The van der Waals surface area contributed by atoms with Crippen LogP contribution in [-0.4, -0.2) is 25.8 Å². The van der Waals surface area contributed by atoms with Crippen LogP contribution in [0.3, 0.4) is 0 Å². The third kappa shape index (κ3) is 5.05. The summed E-state index contributed by atoms with van der Waals surface area (Å²) in [4.78, 5) is 36.0. The van der Waals surface area contributed by atoms with E-state index in [9.17, 15) is 9.59 Å². The molecule has 9 nitrogen and oxygen atoms in total. The third-order valence-electron chi connectivity index (χ3n) is 4.10. The summed E-state index contributed by atoms with van der Waals surface area (Å²) in [5, 5.41) is 3.06. The van der Waals surface area contributed by atoms with Crippen LogP contribution in [0.2, 0.25) is 0 Å². The average molecular weight is 391 g/mol. The first-order chi connectivity index (χ1) is 14.1. The molecular weight excluding hydrogens is 370 g/mol. The van der Waals surface area contributed by atoms with Gasteiger partial charge in [-0.15, -0.1) is 0 Å². The number of aromatic nitrogens is 4. The molecule has 0 atom stereocenters. The maximum Gasteiger partial charge on any atom is 0.278 e. The Morgan fingerprint density at radius 3 is 2.48 bits per heavy atom. The van der Waals surface area contributed by atoms with Crippen LogP contribution in [0.5, 0.6) is 0 Å². The quantitative estimate of drug-likeness (QED) is 0.347. The number of hydrogen-bond acceptors (Lipinski definition) is 6. The molecule has 0 aliphatic heterocycles. The van der Waals surface area contributed by atoms with Crippen LogP contribution in [0.25, 0.3) is 11.2 Å². The van der Waals surface area contributed by atoms with Crippen molar-refractivity contribution in [2.45, 2.75) is 13.1 Å². The van der Waals surface area contributed by atoms with Crippen molar-refractivity contribution in [3.8, 4) is 0 Å². The monoisotopic (exact) mass is 391 g/mol. The minimum atomic E-state index is -0.425. The molecule has 2 aromatic heterocycles. The number of nitrogens with one attached hydrogen (secondary N) is 3. The molecule has 0 radical (unpaired) electrons. The Hall–Kier alpha value is -3.98. The lowest BCUT2D eigenvalue weighted by molar-refractivity contribution is 0.0999. The number of benzene rings is 2. The van der Waals surface area contributed by atoms with Crippen molar-refractivity contribution in [2.24, 2.45) is 11.5 Å². The SMILES string of the molecule is NCc1ccccc1C(N)=O.O=c1[nH]c(NCc2ccccc2)nc2nc[nH]c12. The number of imidazole rings is 1. The average Bonchev–Trinajstić information content (AvgIpc) is 3.23. The van der Waals surface area contributed by atoms with E-state index >= 15 is 0 Å². The van der Waals surface area contributed by atoms with Crippen LogP contribution in [-0.2, 0) is 13.1 Å². The Bertz CT molecular complexity index is 1150. The largest absolute Gasteiger partial charge is 0.366 e. The summed E-state index contributed by atoms with van der Waals surface area (Å²) in [6, 6.07) is 16.9. The lowest BCUT2D eigenvalue weighted by Gasteiger charge is -2.04. The van der Waals surface area contributed by atoms with Crippen LogP contribution >= 0.6 is 0 Å². The van der Waals surface area contributed by atoms with E-state index in [0.29, 0.717) is 35.8 Å².